The Balaban J connectivity index is 1.57. The molecule has 1 N–H and O–H groups in total. The highest BCUT2D eigenvalue weighted by Crippen LogP contribution is 2.39. The van der Waals surface area contributed by atoms with Gasteiger partial charge in [-0.05, 0) is 48.6 Å². The lowest BCUT2D eigenvalue weighted by atomic mass is 9.89. The van der Waals surface area contributed by atoms with E-state index >= 15 is 0 Å². The number of H-pyrrole nitrogens is 1. The molecule has 0 atom stereocenters. The van der Waals surface area contributed by atoms with Crippen molar-refractivity contribution >= 4 is 17.6 Å². The van der Waals surface area contributed by atoms with Crippen LogP contribution >= 0.6 is 0 Å². The summed E-state index contributed by atoms with van der Waals surface area (Å²) in [4.78, 5) is 17.2. The molecule has 2 aromatic carbocycles. The molecular weight excluding hydrogens is 352 g/mol. The summed E-state index contributed by atoms with van der Waals surface area (Å²) in [6.45, 7) is 1.74. The Morgan fingerprint density at radius 1 is 1.11 bits per heavy atom. The molecule has 6 heteroatoms. The molecule has 1 aliphatic heterocycles. The van der Waals surface area contributed by atoms with Gasteiger partial charge in [0.2, 0.25) is 6.08 Å². The number of aromatic amines is 1. The number of nitrogens with zero attached hydrogens (tertiary/aromatic N) is 3. The largest absolute Gasteiger partial charge is 0.497 e. The molecule has 4 rings (SSSR count). The van der Waals surface area contributed by atoms with Crippen molar-refractivity contribution in [2.24, 2.45) is 4.99 Å². The predicted molar refractivity (Wildman–Crippen MR) is 109 cm³/mol. The van der Waals surface area contributed by atoms with Gasteiger partial charge in [0.15, 0.2) is 5.82 Å². The van der Waals surface area contributed by atoms with Crippen LogP contribution in [0.4, 0.5) is 11.5 Å². The molecule has 0 aliphatic carbocycles. The summed E-state index contributed by atoms with van der Waals surface area (Å²) in [5.74, 6) is 2.03. The van der Waals surface area contributed by atoms with Gasteiger partial charge >= 0.3 is 0 Å². The van der Waals surface area contributed by atoms with Crippen LogP contribution in [0, 0.1) is 0 Å². The van der Waals surface area contributed by atoms with E-state index in [4.69, 9.17) is 4.74 Å². The number of nitrogens with one attached hydrogen (secondary N) is 1. The number of isocyanates is 1. The van der Waals surface area contributed by atoms with Crippen LogP contribution in [-0.2, 0) is 4.79 Å². The lowest BCUT2D eigenvalue weighted by Crippen LogP contribution is -2.33. The predicted octanol–water partition coefficient (Wildman–Crippen LogP) is 4.44. The van der Waals surface area contributed by atoms with Gasteiger partial charge in [0.1, 0.15) is 11.4 Å². The van der Waals surface area contributed by atoms with Crippen LogP contribution in [0.15, 0.2) is 59.6 Å². The molecule has 0 spiro atoms. The molecule has 1 saturated heterocycles. The molecule has 0 radical (unpaired) electrons. The molecule has 1 aromatic heterocycles. The van der Waals surface area contributed by atoms with E-state index in [0.29, 0.717) is 23.1 Å². The second-order valence-electron chi connectivity index (χ2n) is 6.87. The van der Waals surface area contributed by atoms with Gasteiger partial charge in [0.25, 0.3) is 0 Å². The first-order chi connectivity index (χ1) is 13.8. The second kappa shape index (κ2) is 8.11. The minimum Gasteiger partial charge on any atom is -0.497 e. The van der Waals surface area contributed by atoms with E-state index in [-0.39, 0.29) is 0 Å². The van der Waals surface area contributed by atoms with Crippen molar-refractivity contribution in [1.82, 2.24) is 10.2 Å². The molecule has 1 aliphatic rings. The number of anilines is 1. The number of hydrogen-bond acceptors (Lipinski definition) is 5. The number of carbonyl (C=O) groups excluding carboxylic acids is 1. The zero-order valence-corrected chi connectivity index (χ0v) is 15.8. The van der Waals surface area contributed by atoms with Crippen molar-refractivity contribution in [3.8, 4) is 17.0 Å². The lowest BCUT2D eigenvalue weighted by Gasteiger charge is -2.32. The Hall–Kier alpha value is -3.37. The molecule has 2 heterocycles. The SMILES string of the molecule is COc1ccc(-c2[nH]nc(N3CCC(c4ccccc4)CC3)c2N=C=O)cc1. The van der Waals surface area contributed by atoms with Crippen molar-refractivity contribution < 1.29 is 9.53 Å². The summed E-state index contributed by atoms with van der Waals surface area (Å²) in [6.07, 6.45) is 3.76. The molecule has 0 bridgehead atoms. The fourth-order valence-electron chi connectivity index (χ4n) is 3.81. The fraction of sp³-hybridized carbons (Fsp3) is 0.273. The van der Waals surface area contributed by atoms with Gasteiger partial charge in [-0.25, -0.2) is 4.79 Å². The van der Waals surface area contributed by atoms with E-state index in [1.165, 1.54) is 5.56 Å². The molecule has 3 aromatic rings. The molecule has 28 heavy (non-hydrogen) atoms. The van der Waals surface area contributed by atoms with Gasteiger partial charge in [-0.1, -0.05) is 30.3 Å². The van der Waals surface area contributed by atoms with Crippen LogP contribution in [0.5, 0.6) is 5.75 Å². The van der Waals surface area contributed by atoms with Gasteiger partial charge in [-0.3, -0.25) is 5.10 Å². The van der Waals surface area contributed by atoms with Crippen molar-refractivity contribution in [3.05, 3.63) is 60.2 Å². The van der Waals surface area contributed by atoms with Crippen molar-refractivity contribution in [2.45, 2.75) is 18.8 Å². The third-order valence-corrected chi connectivity index (χ3v) is 5.32. The minimum atomic E-state index is 0.540. The zero-order valence-electron chi connectivity index (χ0n) is 15.8. The summed E-state index contributed by atoms with van der Waals surface area (Å²) in [7, 11) is 1.63. The number of aromatic nitrogens is 2. The van der Waals surface area contributed by atoms with E-state index in [1.807, 2.05) is 30.3 Å². The Kier molecular flexibility index (Phi) is 5.22. The zero-order chi connectivity index (χ0) is 19.3. The van der Waals surface area contributed by atoms with Crippen molar-refractivity contribution in [2.75, 3.05) is 25.1 Å². The number of benzene rings is 2. The molecule has 0 saturated carbocycles. The highest BCUT2D eigenvalue weighted by Gasteiger charge is 2.25. The first-order valence-electron chi connectivity index (χ1n) is 9.40. The maximum Gasteiger partial charge on any atom is 0.240 e. The number of ether oxygens (including phenoxy) is 1. The molecule has 142 valence electrons. The first-order valence-corrected chi connectivity index (χ1v) is 9.40. The van der Waals surface area contributed by atoms with Crippen LogP contribution in [-0.4, -0.2) is 36.5 Å². The molecule has 0 unspecified atom stereocenters. The van der Waals surface area contributed by atoms with Crippen LogP contribution < -0.4 is 9.64 Å². The number of rotatable bonds is 5. The third kappa shape index (κ3) is 3.55. The smallest absolute Gasteiger partial charge is 0.240 e. The highest BCUT2D eigenvalue weighted by atomic mass is 16.5. The molecular formula is C22H22N4O2. The van der Waals surface area contributed by atoms with E-state index in [2.05, 4.69) is 44.4 Å². The van der Waals surface area contributed by atoms with Crippen LogP contribution in [0.25, 0.3) is 11.3 Å². The first kappa shape index (κ1) is 18.0. The normalized spacial score (nSPS) is 14.5. The third-order valence-electron chi connectivity index (χ3n) is 5.32. The fourth-order valence-corrected chi connectivity index (χ4v) is 3.81. The number of methoxy groups -OCH3 is 1. The second-order valence-corrected chi connectivity index (χ2v) is 6.87. The number of piperidine rings is 1. The average Bonchev–Trinajstić information content (AvgIpc) is 3.18. The monoisotopic (exact) mass is 374 g/mol. The summed E-state index contributed by atoms with van der Waals surface area (Å²) in [5, 5.41) is 7.52. The van der Waals surface area contributed by atoms with Gasteiger partial charge in [0, 0.05) is 18.7 Å². The van der Waals surface area contributed by atoms with E-state index < -0.39 is 0 Å². The maximum absolute atomic E-state index is 11.1. The maximum atomic E-state index is 11.1. The Labute approximate surface area is 163 Å². The summed E-state index contributed by atoms with van der Waals surface area (Å²) < 4.78 is 5.21. The molecule has 6 nitrogen and oxygen atoms in total. The van der Waals surface area contributed by atoms with Crippen LogP contribution in [0.2, 0.25) is 0 Å². The van der Waals surface area contributed by atoms with Gasteiger partial charge in [-0.2, -0.15) is 10.1 Å². The van der Waals surface area contributed by atoms with Crippen molar-refractivity contribution in [1.29, 1.82) is 0 Å². The topological polar surface area (TPSA) is 70.6 Å². The van der Waals surface area contributed by atoms with Crippen LogP contribution in [0.3, 0.4) is 0 Å². The summed E-state index contributed by atoms with van der Waals surface area (Å²) in [5.41, 5.74) is 3.53. The molecule has 1 fully saturated rings. The van der Waals surface area contributed by atoms with E-state index in [1.54, 1.807) is 13.2 Å². The van der Waals surface area contributed by atoms with Gasteiger partial charge in [0.05, 0.1) is 12.8 Å². The summed E-state index contributed by atoms with van der Waals surface area (Å²) >= 11 is 0. The molecule has 0 amide bonds. The van der Waals surface area contributed by atoms with Crippen molar-refractivity contribution in [3.63, 3.8) is 0 Å². The Bertz CT molecular complexity index is 968. The van der Waals surface area contributed by atoms with Gasteiger partial charge in [-0.15, -0.1) is 0 Å². The van der Waals surface area contributed by atoms with E-state index in [0.717, 1.165) is 37.2 Å². The standard InChI is InChI=1S/C22H22N4O2/c1-28-19-9-7-18(8-10-19)20-21(23-15-27)22(25-24-20)26-13-11-17(12-14-26)16-5-3-2-4-6-16/h2-10,17H,11-14H2,1H3,(H,24,25). The number of aliphatic imine (C=N–C) groups is 1. The lowest BCUT2D eigenvalue weighted by molar-refractivity contribution is 0.415. The summed E-state index contributed by atoms with van der Waals surface area (Å²) in [6, 6.07) is 18.2. The Morgan fingerprint density at radius 3 is 2.46 bits per heavy atom. The highest BCUT2D eigenvalue weighted by molar-refractivity contribution is 5.82. The Morgan fingerprint density at radius 2 is 1.82 bits per heavy atom. The number of hydrogen-bond donors (Lipinski definition) is 1. The van der Waals surface area contributed by atoms with Crippen LogP contribution in [0.1, 0.15) is 24.3 Å². The van der Waals surface area contributed by atoms with Gasteiger partial charge < -0.3 is 9.64 Å². The minimum absolute atomic E-state index is 0.540. The quantitative estimate of drug-likeness (QED) is 0.529. The van der Waals surface area contributed by atoms with E-state index in [9.17, 15) is 4.79 Å². The average molecular weight is 374 g/mol.